The van der Waals surface area contributed by atoms with Crippen LogP contribution in [0.25, 0.3) is 0 Å². The molecular weight excluding hydrogens is 589 g/mol. The Bertz CT molecular complexity index is 1330. The summed E-state index contributed by atoms with van der Waals surface area (Å²) in [7, 11) is 0. The lowest BCUT2D eigenvalue weighted by molar-refractivity contribution is 0.390. The summed E-state index contributed by atoms with van der Waals surface area (Å²) in [6.07, 6.45) is 26.0. The lowest BCUT2D eigenvalue weighted by Gasteiger charge is -2.25. The smallest absolute Gasteiger partial charge is 0.0723 e. The van der Waals surface area contributed by atoms with Gasteiger partial charge in [0.05, 0.1) is 36.3 Å². The van der Waals surface area contributed by atoms with Crippen LogP contribution in [0.2, 0.25) is 0 Å². The maximum Gasteiger partial charge on any atom is 0.0723 e. The Balaban J connectivity index is 1.15. The molecule has 0 N–H and O–H groups in total. The van der Waals surface area contributed by atoms with Gasteiger partial charge in [-0.2, -0.15) is 0 Å². The average molecular weight is 637 g/mol. The molecule has 3 aromatic rings. The van der Waals surface area contributed by atoms with E-state index < -0.39 is 0 Å². The Kier molecular flexibility index (Phi) is 10.9. The molecule has 0 amide bonds. The van der Waals surface area contributed by atoms with Crippen LogP contribution in [0.4, 0.5) is 0 Å². The molecule has 3 aliphatic carbocycles. The van der Waals surface area contributed by atoms with Gasteiger partial charge in [0.1, 0.15) is 0 Å². The quantitative estimate of drug-likeness (QED) is 0.237. The molecule has 3 fully saturated rings. The molecule has 4 aliphatic heterocycles. The summed E-state index contributed by atoms with van der Waals surface area (Å²) in [5.74, 6) is 0. The average Bonchev–Trinajstić information content (AvgIpc) is 3.15. The third kappa shape index (κ3) is 8.77. The first kappa shape index (κ1) is 32.2. The predicted octanol–water partition coefficient (Wildman–Crippen LogP) is 8.55. The summed E-state index contributed by atoms with van der Waals surface area (Å²) < 4.78 is 0. The Morgan fingerprint density at radius 1 is 0.250 bits per heavy atom. The van der Waals surface area contributed by atoms with E-state index in [9.17, 15) is 0 Å². The van der Waals surface area contributed by atoms with Gasteiger partial charge in [-0.15, -0.1) is 0 Å². The summed E-state index contributed by atoms with van der Waals surface area (Å²) >= 11 is 0. The van der Waals surface area contributed by atoms with E-state index in [4.69, 9.17) is 30.0 Å². The van der Waals surface area contributed by atoms with E-state index in [0.29, 0.717) is 0 Å². The van der Waals surface area contributed by atoms with Crippen LogP contribution < -0.4 is 0 Å². The summed E-state index contributed by atoms with van der Waals surface area (Å²) in [6, 6.07) is 27.1. The molecule has 3 aromatic carbocycles. The van der Waals surface area contributed by atoms with E-state index >= 15 is 0 Å². The molecule has 48 heavy (non-hydrogen) atoms. The second-order valence-corrected chi connectivity index (χ2v) is 13.9. The third-order valence-electron chi connectivity index (χ3n) is 10.4. The van der Waals surface area contributed by atoms with Crippen molar-refractivity contribution in [3.8, 4) is 0 Å². The van der Waals surface area contributed by atoms with Crippen LogP contribution in [0.5, 0.6) is 0 Å². The van der Waals surface area contributed by atoms with E-state index in [1.807, 2.05) is 37.3 Å². The summed E-state index contributed by atoms with van der Waals surface area (Å²) in [6.45, 7) is 0. The Hall–Kier alpha value is -4.32. The maximum absolute atomic E-state index is 5.04. The van der Waals surface area contributed by atoms with E-state index in [-0.39, 0.29) is 36.3 Å². The number of fused-ring (bicyclic) bond motifs is 3. The van der Waals surface area contributed by atoms with Crippen LogP contribution >= 0.6 is 0 Å². The minimum absolute atomic E-state index is 0.218. The lowest BCUT2D eigenvalue weighted by Crippen LogP contribution is -2.27. The van der Waals surface area contributed by atoms with Crippen molar-refractivity contribution in [3.63, 3.8) is 0 Å². The van der Waals surface area contributed by atoms with Gasteiger partial charge >= 0.3 is 0 Å². The molecule has 7 aliphatic rings. The number of rotatable bonds is 0. The van der Waals surface area contributed by atoms with Gasteiger partial charge in [-0.05, 0) is 71.9 Å². The zero-order valence-corrected chi connectivity index (χ0v) is 28.0. The van der Waals surface area contributed by atoms with Crippen LogP contribution in [0.3, 0.4) is 0 Å². The topological polar surface area (TPSA) is 74.2 Å². The first-order valence-corrected chi connectivity index (χ1v) is 18.2. The number of hydrogen-bond acceptors (Lipinski definition) is 6. The van der Waals surface area contributed by atoms with Gasteiger partial charge in [0.25, 0.3) is 0 Å². The Morgan fingerprint density at radius 2 is 0.396 bits per heavy atom. The Morgan fingerprint density at radius 3 is 0.542 bits per heavy atom. The molecule has 3 saturated carbocycles. The SMILES string of the molecule is C1=N[C@H]2CCCC[C@@H]2N=Cc2ccc(cc2)C=N[C@H]2CCCC[C@@H]2N=Cc2ccc(cc2)C=N[C@H]2CCCC[C@@H]2N=Cc2ccc1cc2. The van der Waals surface area contributed by atoms with Crippen molar-refractivity contribution < 1.29 is 0 Å². The molecule has 0 radical (unpaired) electrons. The molecule has 6 nitrogen and oxygen atoms in total. The normalized spacial score (nSPS) is 27.8. The molecule has 0 unspecified atom stereocenters. The molecule has 10 rings (SSSR count). The monoisotopic (exact) mass is 636 g/mol. The number of nitrogens with zero attached hydrogens (tertiary/aromatic N) is 6. The van der Waals surface area contributed by atoms with Crippen molar-refractivity contribution in [3.05, 3.63) is 106 Å². The Labute approximate surface area is 286 Å². The van der Waals surface area contributed by atoms with Gasteiger partial charge in [0.15, 0.2) is 0 Å². The molecule has 0 spiro atoms. The van der Waals surface area contributed by atoms with Crippen LogP contribution in [-0.4, -0.2) is 73.5 Å². The van der Waals surface area contributed by atoms with Crippen LogP contribution in [0.15, 0.2) is 103 Å². The van der Waals surface area contributed by atoms with Gasteiger partial charge < -0.3 is 0 Å². The summed E-state index contributed by atoms with van der Waals surface area (Å²) in [5.41, 5.74) is 6.72. The maximum atomic E-state index is 5.04. The zero-order valence-electron chi connectivity index (χ0n) is 28.0. The molecule has 246 valence electrons. The second kappa shape index (κ2) is 16.2. The molecular formula is C42H48N6. The van der Waals surface area contributed by atoms with Crippen molar-refractivity contribution in [1.82, 2.24) is 0 Å². The minimum Gasteiger partial charge on any atom is -0.287 e. The molecule has 4 heterocycles. The largest absolute Gasteiger partial charge is 0.287 e. The highest BCUT2D eigenvalue weighted by Gasteiger charge is 2.25. The first-order valence-electron chi connectivity index (χ1n) is 18.2. The lowest BCUT2D eigenvalue weighted by atomic mass is 9.91. The number of aliphatic imine (C=N–C) groups is 6. The first-order chi connectivity index (χ1) is 23.7. The van der Waals surface area contributed by atoms with E-state index in [2.05, 4.69) is 72.8 Å². The second-order valence-electron chi connectivity index (χ2n) is 13.9. The molecule has 0 saturated heterocycles. The standard InChI is InChI=1S/C42H48N6/c1-2-8-38-37(7-1)43-25-31-13-15-33(16-14-31)27-45-39-9-3-4-10-40(39)47-29-35-21-23-36(24-22-35)30-48-42-12-6-5-11-41(42)46-28-34-19-17-32(18-20-34)26-44-38/h13-30,37-42H,1-12H2/t37-,38-,39-,40-,41-,42-/m0/s1. The van der Waals surface area contributed by atoms with E-state index in [1.165, 1.54) is 38.5 Å². The molecule has 6 heteroatoms. The van der Waals surface area contributed by atoms with Gasteiger partial charge in [0, 0.05) is 37.3 Å². The zero-order chi connectivity index (χ0) is 32.4. The van der Waals surface area contributed by atoms with Crippen molar-refractivity contribution in [1.29, 1.82) is 0 Å². The summed E-state index contributed by atoms with van der Waals surface area (Å²) in [4.78, 5) is 30.2. The fourth-order valence-corrected chi connectivity index (χ4v) is 7.41. The fraction of sp³-hybridized carbons (Fsp3) is 0.429. The van der Waals surface area contributed by atoms with Gasteiger partial charge in [-0.25, -0.2) is 0 Å². The van der Waals surface area contributed by atoms with E-state index in [1.54, 1.807) is 0 Å². The highest BCUT2D eigenvalue weighted by molar-refractivity contribution is 5.86. The van der Waals surface area contributed by atoms with Crippen molar-refractivity contribution >= 4 is 37.3 Å². The van der Waals surface area contributed by atoms with Crippen LogP contribution in [-0.2, 0) is 0 Å². The molecule has 0 aromatic heterocycles. The van der Waals surface area contributed by atoms with Crippen molar-refractivity contribution in [2.75, 3.05) is 0 Å². The third-order valence-corrected chi connectivity index (χ3v) is 10.4. The fourth-order valence-electron chi connectivity index (χ4n) is 7.41. The summed E-state index contributed by atoms with van der Waals surface area (Å²) in [5, 5.41) is 0. The number of benzene rings is 3. The predicted molar refractivity (Wildman–Crippen MR) is 203 cm³/mol. The highest BCUT2D eigenvalue weighted by Crippen LogP contribution is 2.26. The van der Waals surface area contributed by atoms with Crippen LogP contribution in [0.1, 0.15) is 110 Å². The van der Waals surface area contributed by atoms with Gasteiger partial charge in [0.2, 0.25) is 0 Å². The van der Waals surface area contributed by atoms with Gasteiger partial charge in [-0.1, -0.05) is 111 Å². The van der Waals surface area contributed by atoms with Crippen molar-refractivity contribution in [2.45, 2.75) is 113 Å². The number of hydrogen-bond donors (Lipinski definition) is 0. The molecule has 6 atom stereocenters. The highest BCUT2D eigenvalue weighted by atomic mass is 14.9. The van der Waals surface area contributed by atoms with Gasteiger partial charge in [-0.3, -0.25) is 30.0 Å². The van der Waals surface area contributed by atoms with Crippen molar-refractivity contribution in [2.24, 2.45) is 30.0 Å². The minimum atomic E-state index is 0.218. The molecule has 6 bridgehead atoms. The van der Waals surface area contributed by atoms with E-state index in [0.717, 1.165) is 71.9 Å². The van der Waals surface area contributed by atoms with Crippen LogP contribution in [0, 0.1) is 0 Å².